The lowest BCUT2D eigenvalue weighted by molar-refractivity contribution is 0.932. The summed E-state index contributed by atoms with van der Waals surface area (Å²) in [6.45, 7) is 1.93. The number of aryl methyl sites for hydroxylation is 1. The molecule has 0 aliphatic heterocycles. The van der Waals surface area contributed by atoms with Crippen LogP contribution in [0.5, 0.6) is 0 Å². The second kappa shape index (κ2) is 3.37. The predicted molar refractivity (Wildman–Crippen MR) is 58.8 cm³/mol. The summed E-state index contributed by atoms with van der Waals surface area (Å²) in [6.07, 6.45) is 5.30. The zero-order chi connectivity index (χ0) is 11.0. The number of rotatable bonds is 1. The number of hydrogen-bond donors (Lipinski definition) is 0. The Morgan fingerprint density at radius 3 is 2.69 bits per heavy atom. The highest BCUT2D eigenvalue weighted by Gasteiger charge is 2.06. The van der Waals surface area contributed by atoms with Gasteiger partial charge in [0.15, 0.2) is 5.82 Å². The van der Waals surface area contributed by atoms with Crippen molar-refractivity contribution in [3.8, 4) is 11.4 Å². The normalized spacial score (nSPS) is 10.8. The fourth-order valence-corrected chi connectivity index (χ4v) is 1.49. The maximum Gasteiger partial charge on any atom is 0.252 e. The Balaban J connectivity index is 2.19. The summed E-state index contributed by atoms with van der Waals surface area (Å²) in [6, 6.07) is 5.65. The van der Waals surface area contributed by atoms with Gasteiger partial charge in [0.1, 0.15) is 0 Å². The summed E-state index contributed by atoms with van der Waals surface area (Å²) in [5, 5.41) is 4.34. The maximum absolute atomic E-state index is 4.36. The summed E-state index contributed by atoms with van der Waals surface area (Å²) in [7, 11) is 0. The van der Waals surface area contributed by atoms with Crippen molar-refractivity contribution in [3.63, 3.8) is 0 Å². The van der Waals surface area contributed by atoms with Crippen molar-refractivity contribution >= 4 is 5.78 Å². The molecule has 0 bridgehead atoms. The summed E-state index contributed by atoms with van der Waals surface area (Å²) in [4.78, 5) is 12.6. The van der Waals surface area contributed by atoms with Crippen LogP contribution in [0.1, 0.15) is 5.69 Å². The first-order valence-electron chi connectivity index (χ1n) is 4.93. The van der Waals surface area contributed by atoms with Crippen LogP contribution in [0.25, 0.3) is 17.2 Å². The van der Waals surface area contributed by atoms with Crippen LogP contribution in [0.3, 0.4) is 0 Å². The van der Waals surface area contributed by atoms with Crippen LogP contribution in [0.2, 0.25) is 0 Å². The van der Waals surface area contributed by atoms with Gasteiger partial charge in [-0.15, -0.1) is 5.10 Å². The molecule has 0 aliphatic rings. The Morgan fingerprint density at radius 1 is 1.06 bits per heavy atom. The van der Waals surface area contributed by atoms with Crippen molar-refractivity contribution in [2.45, 2.75) is 6.92 Å². The highest BCUT2D eigenvalue weighted by molar-refractivity contribution is 5.55. The van der Waals surface area contributed by atoms with Crippen molar-refractivity contribution in [3.05, 3.63) is 42.5 Å². The van der Waals surface area contributed by atoms with E-state index in [4.69, 9.17) is 0 Å². The van der Waals surface area contributed by atoms with Gasteiger partial charge >= 0.3 is 0 Å². The van der Waals surface area contributed by atoms with Gasteiger partial charge in [0.25, 0.3) is 5.78 Å². The first-order valence-corrected chi connectivity index (χ1v) is 4.93. The third kappa shape index (κ3) is 1.42. The van der Waals surface area contributed by atoms with Crippen molar-refractivity contribution in [2.75, 3.05) is 0 Å². The molecule has 0 aromatic carbocycles. The van der Waals surface area contributed by atoms with Gasteiger partial charge in [-0.1, -0.05) is 0 Å². The first-order chi connectivity index (χ1) is 7.83. The highest BCUT2D eigenvalue weighted by Crippen LogP contribution is 2.13. The highest BCUT2D eigenvalue weighted by atomic mass is 15.3. The van der Waals surface area contributed by atoms with Crippen molar-refractivity contribution < 1.29 is 0 Å². The molecule has 0 atom stereocenters. The Morgan fingerprint density at radius 2 is 1.88 bits per heavy atom. The van der Waals surface area contributed by atoms with Gasteiger partial charge in [-0.2, -0.15) is 4.98 Å². The van der Waals surface area contributed by atoms with Crippen LogP contribution in [0.15, 0.2) is 36.8 Å². The lowest BCUT2D eigenvalue weighted by Crippen LogP contribution is -1.90. The molecule has 5 heteroatoms. The summed E-state index contributed by atoms with van der Waals surface area (Å²) >= 11 is 0. The largest absolute Gasteiger partial charge is 0.265 e. The lowest BCUT2D eigenvalue weighted by Gasteiger charge is -1.90. The second-order valence-electron chi connectivity index (χ2n) is 3.48. The molecule has 0 spiro atoms. The standard InChI is InChI=1S/C11H9N5/c1-8-4-7-16-11(13-8)14-10(15-16)9-2-5-12-6-3-9/h2-7H,1H3. The minimum atomic E-state index is 0.617. The number of pyridine rings is 1. The van der Waals surface area contributed by atoms with Crippen LogP contribution in [-0.4, -0.2) is 24.6 Å². The molecule has 3 aromatic rings. The molecule has 0 aliphatic carbocycles. The topological polar surface area (TPSA) is 56.0 Å². The molecule has 0 unspecified atom stereocenters. The molecule has 0 amide bonds. The van der Waals surface area contributed by atoms with Gasteiger partial charge in [-0.25, -0.2) is 9.50 Å². The van der Waals surface area contributed by atoms with E-state index in [0.717, 1.165) is 11.3 Å². The SMILES string of the molecule is Cc1ccn2nc(-c3ccncc3)nc2n1. The van der Waals surface area contributed by atoms with Crippen LogP contribution in [-0.2, 0) is 0 Å². The molecule has 3 heterocycles. The zero-order valence-corrected chi connectivity index (χ0v) is 8.70. The Labute approximate surface area is 91.8 Å². The van der Waals surface area contributed by atoms with E-state index in [2.05, 4.69) is 20.1 Å². The Kier molecular flexibility index (Phi) is 1.89. The smallest absolute Gasteiger partial charge is 0.252 e. The van der Waals surface area contributed by atoms with E-state index >= 15 is 0 Å². The molecule has 0 saturated carbocycles. The third-order valence-electron chi connectivity index (χ3n) is 2.29. The van der Waals surface area contributed by atoms with Gasteiger partial charge in [-0.05, 0) is 25.1 Å². The number of fused-ring (bicyclic) bond motifs is 1. The fourth-order valence-electron chi connectivity index (χ4n) is 1.49. The van der Waals surface area contributed by atoms with Gasteiger partial charge in [0.2, 0.25) is 0 Å². The molecular formula is C11H9N5. The van der Waals surface area contributed by atoms with Crippen molar-refractivity contribution in [1.82, 2.24) is 24.6 Å². The Hall–Kier alpha value is -2.30. The van der Waals surface area contributed by atoms with Gasteiger partial charge < -0.3 is 0 Å². The minimum absolute atomic E-state index is 0.617. The summed E-state index contributed by atoms with van der Waals surface area (Å²) in [5.74, 6) is 1.28. The monoisotopic (exact) mass is 211 g/mol. The summed E-state index contributed by atoms with van der Waals surface area (Å²) in [5.41, 5.74) is 1.87. The van der Waals surface area contributed by atoms with E-state index in [1.165, 1.54) is 0 Å². The van der Waals surface area contributed by atoms with Crippen LogP contribution in [0.4, 0.5) is 0 Å². The molecular weight excluding hydrogens is 202 g/mol. The van der Waals surface area contributed by atoms with Crippen LogP contribution < -0.4 is 0 Å². The van der Waals surface area contributed by atoms with E-state index in [-0.39, 0.29) is 0 Å². The number of hydrogen-bond acceptors (Lipinski definition) is 4. The maximum atomic E-state index is 4.36. The van der Waals surface area contributed by atoms with E-state index in [1.54, 1.807) is 16.9 Å². The average molecular weight is 211 g/mol. The molecule has 3 rings (SSSR count). The molecule has 0 N–H and O–H groups in total. The molecule has 78 valence electrons. The van der Waals surface area contributed by atoms with E-state index in [9.17, 15) is 0 Å². The van der Waals surface area contributed by atoms with E-state index in [0.29, 0.717) is 11.6 Å². The summed E-state index contributed by atoms with van der Waals surface area (Å²) < 4.78 is 1.67. The van der Waals surface area contributed by atoms with Crippen molar-refractivity contribution in [2.24, 2.45) is 0 Å². The minimum Gasteiger partial charge on any atom is -0.265 e. The van der Waals surface area contributed by atoms with Crippen LogP contribution >= 0.6 is 0 Å². The number of aromatic nitrogens is 5. The molecule has 0 radical (unpaired) electrons. The fraction of sp³-hybridized carbons (Fsp3) is 0.0909. The van der Waals surface area contributed by atoms with E-state index in [1.807, 2.05) is 31.3 Å². The molecule has 3 aromatic heterocycles. The molecule has 5 nitrogen and oxygen atoms in total. The molecule has 0 saturated heterocycles. The quantitative estimate of drug-likeness (QED) is 0.612. The lowest BCUT2D eigenvalue weighted by atomic mass is 10.3. The zero-order valence-electron chi connectivity index (χ0n) is 8.70. The Bertz CT molecular complexity index is 629. The first kappa shape index (κ1) is 8.96. The van der Waals surface area contributed by atoms with Crippen LogP contribution in [0, 0.1) is 6.92 Å². The van der Waals surface area contributed by atoms with E-state index < -0.39 is 0 Å². The van der Waals surface area contributed by atoms with Gasteiger partial charge in [-0.3, -0.25) is 4.98 Å². The molecule has 0 fully saturated rings. The van der Waals surface area contributed by atoms with Gasteiger partial charge in [0, 0.05) is 29.8 Å². The van der Waals surface area contributed by atoms with Crippen molar-refractivity contribution in [1.29, 1.82) is 0 Å². The average Bonchev–Trinajstić information content (AvgIpc) is 2.73. The predicted octanol–water partition coefficient (Wildman–Crippen LogP) is 1.49. The third-order valence-corrected chi connectivity index (χ3v) is 2.29. The molecule has 16 heavy (non-hydrogen) atoms. The van der Waals surface area contributed by atoms with Gasteiger partial charge in [0.05, 0.1) is 0 Å². The number of nitrogens with zero attached hydrogens (tertiary/aromatic N) is 5. The second-order valence-corrected chi connectivity index (χ2v) is 3.48.